The van der Waals surface area contributed by atoms with Gasteiger partial charge in [-0.15, -0.1) is 0 Å². The molecule has 0 spiro atoms. The van der Waals surface area contributed by atoms with E-state index in [0.29, 0.717) is 12.0 Å². The van der Waals surface area contributed by atoms with Crippen LogP contribution in [0.15, 0.2) is 36.5 Å². The van der Waals surface area contributed by atoms with Crippen LogP contribution in [0.5, 0.6) is 5.75 Å². The quantitative estimate of drug-likeness (QED) is 0.774. The summed E-state index contributed by atoms with van der Waals surface area (Å²) in [6.45, 7) is 3.92. The van der Waals surface area contributed by atoms with Crippen molar-refractivity contribution in [2.24, 2.45) is 7.05 Å². The molecule has 0 aliphatic heterocycles. The first kappa shape index (κ1) is 13.3. The maximum Gasteiger partial charge on any atom is 0.169 e. The summed E-state index contributed by atoms with van der Waals surface area (Å²) in [7, 11) is 1.84. The number of carbonyl (C=O) groups excluding carboxylic acids is 1. The number of Topliss-reactive ketones (excluding diaryl/α,β-unsaturated/α-hetero) is 1. The summed E-state index contributed by atoms with van der Waals surface area (Å²) in [5, 5.41) is 4.21. The van der Waals surface area contributed by atoms with Gasteiger partial charge >= 0.3 is 0 Å². The van der Waals surface area contributed by atoms with Crippen molar-refractivity contribution in [2.75, 3.05) is 0 Å². The third-order valence-corrected chi connectivity index (χ3v) is 2.64. The van der Waals surface area contributed by atoms with Gasteiger partial charge in [-0.05, 0) is 32.0 Å². The van der Waals surface area contributed by atoms with Crippen molar-refractivity contribution in [1.82, 2.24) is 9.78 Å². The molecule has 4 nitrogen and oxygen atoms in total. The maximum atomic E-state index is 12.2. The van der Waals surface area contributed by atoms with Gasteiger partial charge in [0.1, 0.15) is 5.75 Å². The fraction of sp³-hybridized carbons (Fsp3) is 0.333. The zero-order chi connectivity index (χ0) is 13.8. The second kappa shape index (κ2) is 5.69. The minimum Gasteiger partial charge on any atom is -0.491 e. The van der Waals surface area contributed by atoms with Gasteiger partial charge in [-0.1, -0.05) is 12.1 Å². The molecule has 0 bridgehead atoms. The summed E-state index contributed by atoms with van der Waals surface area (Å²) in [6.07, 6.45) is 2.24. The van der Waals surface area contributed by atoms with Crippen LogP contribution in [-0.2, 0) is 13.5 Å². The van der Waals surface area contributed by atoms with Crippen molar-refractivity contribution in [3.63, 3.8) is 0 Å². The highest BCUT2D eigenvalue weighted by atomic mass is 16.5. The lowest BCUT2D eigenvalue weighted by atomic mass is 10.1. The molecule has 0 saturated heterocycles. The number of benzene rings is 1. The van der Waals surface area contributed by atoms with Crippen molar-refractivity contribution >= 4 is 5.78 Å². The van der Waals surface area contributed by atoms with Crippen LogP contribution in [0.25, 0.3) is 0 Å². The number of rotatable bonds is 5. The third-order valence-electron chi connectivity index (χ3n) is 2.64. The van der Waals surface area contributed by atoms with Crippen LogP contribution in [0.4, 0.5) is 0 Å². The number of hydrogen-bond donors (Lipinski definition) is 0. The lowest BCUT2D eigenvalue weighted by molar-refractivity contribution is 0.0991. The van der Waals surface area contributed by atoms with Crippen molar-refractivity contribution in [2.45, 2.75) is 26.4 Å². The van der Waals surface area contributed by atoms with Gasteiger partial charge in [-0.25, -0.2) is 0 Å². The smallest absolute Gasteiger partial charge is 0.169 e. The van der Waals surface area contributed by atoms with Crippen LogP contribution >= 0.6 is 0 Å². The molecule has 19 heavy (non-hydrogen) atoms. The van der Waals surface area contributed by atoms with E-state index in [4.69, 9.17) is 4.74 Å². The summed E-state index contributed by atoms with van der Waals surface area (Å²) in [4.78, 5) is 12.2. The number of hydrogen-bond acceptors (Lipinski definition) is 3. The Morgan fingerprint density at radius 1 is 1.37 bits per heavy atom. The van der Waals surface area contributed by atoms with E-state index >= 15 is 0 Å². The molecule has 0 radical (unpaired) electrons. The summed E-state index contributed by atoms with van der Waals surface area (Å²) in [5.41, 5.74) is 1.44. The van der Waals surface area contributed by atoms with Crippen LogP contribution in [0.2, 0.25) is 0 Å². The molecule has 0 unspecified atom stereocenters. The Balaban J connectivity index is 2.10. The third kappa shape index (κ3) is 3.68. The van der Waals surface area contributed by atoms with E-state index in [1.807, 2.05) is 45.3 Å². The number of ketones is 1. The summed E-state index contributed by atoms with van der Waals surface area (Å²) in [6, 6.07) is 9.14. The Morgan fingerprint density at radius 2 is 2.16 bits per heavy atom. The number of ether oxygens (including phenoxy) is 1. The maximum absolute atomic E-state index is 12.2. The highest BCUT2D eigenvalue weighted by Crippen LogP contribution is 2.16. The molecule has 100 valence electrons. The monoisotopic (exact) mass is 258 g/mol. The predicted molar refractivity (Wildman–Crippen MR) is 73.4 cm³/mol. The van der Waals surface area contributed by atoms with Crippen molar-refractivity contribution in [3.05, 3.63) is 47.8 Å². The van der Waals surface area contributed by atoms with Gasteiger partial charge in [0.25, 0.3) is 0 Å². The Kier molecular flexibility index (Phi) is 4.00. The second-order valence-electron chi connectivity index (χ2n) is 4.78. The van der Waals surface area contributed by atoms with Gasteiger partial charge in [0.05, 0.1) is 18.2 Å². The lowest BCUT2D eigenvalue weighted by Gasteiger charge is -2.10. The molecule has 0 aliphatic rings. The average Bonchev–Trinajstić information content (AvgIpc) is 2.74. The first-order chi connectivity index (χ1) is 9.04. The van der Waals surface area contributed by atoms with Crippen molar-refractivity contribution < 1.29 is 9.53 Å². The molecular formula is C15H18N2O2. The number of nitrogens with zero attached hydrogens (tertiary/aromatic N) is 2. The van der Waals surface area contributed by atoms with Gasteiger partial charge in [0.2, 0.25) is 0 Å². The Labute approximate surface area is 113 Å². The van der Waals surface area contributed by atoms with Crippen LogP contribution in [0, 0.1) is 0 Å². The summed E-state index contributed by atoms with van der Waals surface area (Å²) >= 11 is 0. The number of carbonyl (C=O) groups is 1. The lowest BCUT2D eigenvalue weighted by Crippen LogP contribution is -2.08. The number of aryl methyl sites for hydroxylation is 1. The van der Waals surface area contributed by atoms with E-state index in [0.717, 1.165) is 11.4 Å². The standard InChI is InChI=1S/C15H18N2O2/c1-11(2)19-14-6-4-5-12(9-14)15(18)10-13-7-8-17(3)16-13/h4-9,11H,10H2,1-3H3. The molecule has 1 aromatic heterocycles. The van der Waals surface area contributed by atoms with E-state index in [1.165, 1.54) is 0 Å². The first-order valence-electron chi connectivity index (χ1n) is 6.33. The van der Waals surface area contributed by atoms with Crippen molar-refractivity contribution in [3.8, 4) is 5.75 Å². The largest absolute Gasteiger partial charge is 0.491 e. The zero-order valence-corrected chi connectivity index (χ0v) is 11.5. The Hall–Kier alpha value is -2.10. The van der Waals surface area contributed by atoms with Crippen LogP contribution < -0.4 is 4.74 Å². The molecule has 0 aliphatic carbocycles. The second-order valence-corrected chi connectivity index (χ2v) is 4.78. The molecule has 1 heterocycles. The highest BCUT2D eigenvalue weighted by molar-refractivity contribution is 5.97. The van der Waals surface area contributed by atoms with E-state index < -0.39 is 0 Å². The SMILES string of the molecule is CC(C)Oc1cccc(C(=O)Cc2ccn(C)n2)c1. The molecule has 1 aromatic carbocycles. The topological polar surface area (TPSA) is 44.1 Å². The molecule has 2 rings (SSSR count). The fourth-order valence-corrected chi connectivity index (χ4v) is 1.84. The minimum absolute atomic E-state index is 0.0490. The van der Waals surface area contributed by atoms with E-state index in [2.05, 4.69) is 5.10 Å². The fourth-order valence-electron chi connectivity index (χ4n) is 1.84. The Morgan fingerprint density at radius 3 is 2.79 bits per heavy atom. The van der Waals surface area contributed by atoms with Gasteiger partial charge in [-0.2, -0.15) is 5.10 Å². The van der Waals surface area contributed by atoms with Gasteiger partial charge in [0, 0.05) is 18.8 Å². The van der Waals surface area contributed by atoms with Crippen LogP contribution in [0.3, 0.4) is 0 Å². The molecule has 0 atom stereocenters. The molecule has 4 heteroatoms. The first-order valence-corrected chi connectivity index (χ1v) is 6.33. The van der Waals surface area contributed by atoms with E-state index in [-0.39, 0.29) is 11.9 Å². The van der Waals surface area contributed by atoms with Gasteiger partial charge < -0.3 is 4.74 Å². The van der Waals surface area contributed by atoms with E-state index in [9.17, 15) is 4.79 Å². The number of aromatic nitrogens is 2. The molecule has 0 amide bonds. The molecule has 0 N–H and O–H groups in total. The minimum atomic E-state index is 0.0490. The zero-order valence-electron chi connectivity index (χ0n) is 11.5. The molecule has 0 saturated carbocycles. The molecule has 0 fully saturated rings. The van der Waals surface area contributed by atoms with Gasteiger partial charge in [-0.3, -0.25) is 9.48 Å². The summed E-state index contributed by atoms with van der Waals surface area (Å²) < 4.78 is 7.28. The molecular weight excluding hydrogens is 240 g/mol. The highest BCUT2D eigenvalue weighted by Gasteiger charge is 2.10. The van der Waals surface area contributed by atoms with Gasteiger partial charge in [0.15, 0.2) is 5.78 Å². The van der Waals surface area contributed by atoms with Crippen LogP contribution in [-0.4, -0.2) is 21.7 Å². The van der Waals surface area contributed by atoms with Crippen LogP contribution in [0.1, 0.15) is 29.9 Å². The van der Waals surface area contributed by atoms with Crippen molar-refractivity contribution in [1.29, 1.82) is 0 Å². The van der Waals surface area contributed by atoms with E-state index in [1.54, 1.807) is 16.8 Å². The normalized spacial score (nSPS) is 10.7. The summed E-state index contributed by atoms with van der Waals surface area (Å²) in [5.74, 6) is 0.773. The Bertz CT molecular complexity index is 573. The predicted octanol–water partition coefficient (Wildman–Crippen LogP) is 2.63. The average molecular weight is 258 g/mol. The molecule has 2 aromatic rings.